The van der Waals surface area contributed by atoms with Gasteiger partial charge in [-0.15, -0.1) is 0 Å². The fourth-order valence-electron chi connectivity index (χ4n) is 1.40. The Hall–Kier alpha value is -1.72. The summed E-state index contributed by atoms with van der Waals surface area (Å²) in [6, 6.07) is 6.33. The smallest absolute Gasteiger partial charge is 0.490 e. The summed E-state index contributed by atoms with van der Waals surface area (Å²) in [4.78, 5) is 10.8. The Labute approximate surface area is 103 Å². The highest BCUT2D eigenvalue weighted by molar-refractivity contribution is 5.75. The van der Waals surface area contributed by atoms with Gasteiger partial charge in [-0.05, 0) is 24.1 Å². The Balaban J connectivity index is 2.80. The van der Waals surface area contributed by atoms with Crippen molar-refractivity contribution < 1.29 is 27.4 Å². The molecule has 0 aliphatic carbocycles. The van der Waals surface area contributed by atoms with Gasteiger partial charge in [0.1, 0.15) is 11.9 Å². The van der Waals surface area contributed by atoms with Crippen molar-refractivity contribution in [2.45, 2.75) is 25.6 Å². The van der Waals surface area contributed by atoms with Crippen molar-refractivity contribution in [1.82, 2.24) is 0 Å². The summed E-state index contributed by atoms with van der Waals surface area (Å²) < 4.78 is 45.6. The van der Waals surface area contributed by atoms with Crippen molar-refractivity contribution >= 4 is 5.97 Å². The number of hydrogen-bond donors (Lipinski definition) is 0. The first-order valence-electron chi connectivity index (χ1n) is 5.30. The fraction of sp³-hybridized carbons (Fsp3) is 0.417. The maximum atomic E-state index is 12.1. The van der Waals surface area contributed by atoms with Crippen LogP contribution in [0.25, 0.3) is 0 Å². The Morgan fingerprint density at radius 3 is 2.22 bits per heavy atom. The van der Waals surface area contributed by atoms with Gasteiger partial charge in [-0.3, -0.25) is 0 Å². The molecule has 0 bridgehead atoms. The van der Waals surface area contributed by atoms with Crippen molar-refractivity contribution in [3.63, 3.8) is 0 Å². The van der Waals surface area contributed by atoms with E-state index in [-0.39, 0.29) is 6.42 Å². The van der Waals surface area contributed by atoms with Crippen molar-refractivity contribution in [2.24, 2.45) is 0 Å². The molecule has 0 fully saturated rings. The minimum absolute atomic E-state index is 0.258. The van der Waals surface area contributed by atoms with Crippen LogP contribution in [0.5, 0.6) is 5.75 Å². The molecule has 18 heavy (non-hydrogen) atoms. The van der Waals surface area contributed by atoms with Gasteiger partial charge >= 0.3 is 12.1 Å². The van der Waals surface area contributed by atoms with Gasteiger partial charge in [0.2, 0.25) is 0 Å². The fourth-order valence-corrected chi connectivity index (χ4v) is 1.40. The van der Waals surface area contributed by atoms with E-state index >= 15 is 0 Å². The molecule has 1 atom stereocenters. The zero-order valence-electron chi connectivity index (χ0n) is 9.95. The number of halogens is 3. The largest absolute Gasteiger partial charge is 0.497 e. The predicted molar refractivity (Wildman–Crippen MR) is 58.2 cm³/mol. The van der Waals surface area contributed by atoms with E-state index in [4.69, 9.17) is 4.74 Å². The molecule has 0 heterocycles. The molecule has 3 nitrogen and oxygen atoms in total. The second kappa shape index (κ2) is 5.75. The summed E-state index contributed by atoms with van der Waals surface area (Å²) in [5.41, 5.74) is 0.496. The lowest BCUT2D eigenvalue weighted by Gasteiger charge is -2.17. The molecule has 1 unspecified atom stereocenters. The number of alkyl halides is 3. The van der Waals surface area contributed by atoms with E-state index < -0.39 is 18.2 Å². The third-order valence-electron chi connectivity index (χ3n) is 2.34. The highest BCUT2D eigenvalue weighted by Gasteiger charge is 2.42. The summed E-state index contributed by atoms with van der Waals surface area (Å²) >= 11 is 0. The molecule has 0 aromatic heterocycles. The molecule has 0 aliphatic heterocycles. The molecular formula is C12H13F3O3. The third-order valence-corrected chi connectivity index (χ3v) is 2.34. The maximum Gasteiger partial charge on any atom is 0.490 e. The van der Waals surface area contributed by atoms with E-state index in [1.54, 1.807) is 31.2 Å². The molecule has 0 aliphatic rings. The number of rotatable bonds is 4. The van der Waals surface area contributed by atoms with E-state index in [9.17, 15) is 18.0 Å². The quantitative estimate of drug-likeness (QED) is 0.781. The molecule has 0 saturated heterocycles. The van der Waals surface area contributed by atoms with Crippen molar-refractivity contribution in [3.05, 3.63) is 29.8 Å². The van der Waals surface area contributed by atoms with Crippen molar-refractivity contribution in [3.8, 4) is 5.75 Å². The second-order valence-electron chi connectivity index (χ2n) is 3.57. The standard InChI is InChI=1S/C12H13F3O3/c1-3-10(18-11(16)12(13,14)15)8-4-6-9(17-2)7-5-8/h4-7,10H,3H2,1-2H3. The Morgan fingerprint density at radius 2 is 1.83 bits per heavy atom. The first-order valence-corrected chi connectivity index (χ1v) is 5.30. The minimum Gasteiger partial charge on any atom is -0.497 e. The molecule has 6 heteroatoms. The van der Waals surface area contributed by atoms with E-state index in [0.717, 1.165) is 0 Å². The minimum atomic E-state index is -4.97. The summed E-state index contributed by atoms with van der Waals surface area (Å²) in [6.45, 7) is 1.64. The molecule has 0 spiro atoms. The number of ether oxygens (including phenoxy) is 2. The number of esters is 1. The van der Waals surface area contributed by atoms with E-state index in [1.807, 2.05) is 0 Å². The highest BCUT2D eigenvalue weighted by Crippen LogP contribution is 2.27. The van der Waals surface area contributed by atoms with Crippen molar-refractivity contribution in [1.29, 1.82) is 0 Å². The van der Waals surface area contributed by atoms with E-state index in [2.05, 4.69) is 4.74 Å². The number of methoxy groups -OCH3 is 1. The first kappa shape index (κ1) is 14.3. The topological polar surface area (TPSA) is 35.5 Å². The zero-order chi connectivity index (χ0) is 13.8. The normalized spacial score (nSPS) is 12.9. The third kappa shape index (κ3) is 3.65. The molecule has 1 rings (SSSR count). The molecule has 1 aromatic rings. The Morgan fingerprint density at radius 1 is 1.28 bits per heavy atom. The molecule has 100 valence electrons. The van der Waals surface area contributed by atoms with Crippen LogP contribution in [0.2, 0.25) is 0 Å². The molecule has 0 amide bonds. The Bertz CT molecular complexity index is 398. The van der Waals surface area contributed by atoms with Gasteiger partial charge in [0.15, 0.2) is 0 Å². The summed E-state index contributed by atoms with van der Waals surface area (Å²) in [7, 11) is 1.48. The summed E-state index contributed by atoms with van der Waals surface area (Å²) in [5.74, 6) is -1.60. The van der Waals surface area contributed by atoms with Gasteiger partial charge in [-0.25, -0.2) is 4.79 Å². The lowest BCUT2D eigenvalue weighted by atomic mass is 10.1. The van der Waals surface area contributed by atoms with E-state index in [1.165, 1.54) is 7.11 Å². The van der Waals surface area contributed by atoms with Crippen LogP contribution in [-0.4, -0.2) is 19.3 Å². The highest BCUT2D eigenvalue weighted by atomic mass is 19.4. The SMILES string of the molecule is CCC(OC(=O)C(F)(F)F)c1ccc(OC)cc1. The van der Waals surface area contributed by atoms with Crippen LogP contribution in [0.4, 0.5) is 13.2 Å². The van der Waals surface area contributed by atoms with Gasteiger partial charge in [0.25, 0.3) is 0 Å². The number of carbonyl (C=O) groups excluding carboxylic acids is 1. The van der Waals surface area contributed by atoms with Gasteiger partial charge in [-0.1, -0.05) is 19.1 Å². The van der Waals surface area contributed by atoms with Gasteiger partial charge in [0.05, 0.1) is 7.11 Å². The van der Waals surface area contributed by atoms with Crippen LogP contribution < -0.4 is 4.74 Å². The van der Waals surface area contributed by atoms with Crippen LogP contribution in [0, 0.1) is 0 Å². The second-order valence-corrected chi connectivity index (χ2v) is 3.57. The lowest BCUT2D eigenvalue weighted by Crippen LogP contribution is -2.27. The molecule has 0 radical (unpaired) electrons. The molecule has 0 saturated carbocycles. The average Bonchev–Trinajstić information content (AvgIpc) is 2.34. The van der Waals surface area contributed by atoms with Crippen LogP contribution in [0.3, 0.4) is 0 Å². The molecule has 1 aromatic carbocycles. The first-order chi connectivity index (χ1) is 8.38. The summed E-state index contributed by atoms with van der Waals surface area (Å²) in [5, 5.41) is 0. The zero-order valence-corrected chi connectivity index (χ0v) is 9.95. The monoisotopic (exact) mass is 262 g/mol. The lowest BCUT2D eigenvalue weighted by molar-refractivity contribution is -0.205. The van der Waals surface area contributed by atoms with Gasteiger partial charge < -0.3 is 9.47 Å². The van der Waals surface area contributed by atoms with Crippen LogP contribution in [0.1, 0.15) is 25.0 Å². The number of benzene rings is 1. The number of carbonyl (C=O) groups is 1. The maximum absolute atomic E-state index is 12.1. The summed E-state index contributed by atoms with van der Waals surface area (Å²) in [6.07, 6.45) is -5.63. The average molecular weight is 262 g/mol. The Kier molecular flexibility index (Phi) is 4.58. The number of hydrogen-bond acceptors (Lipinski definition) is 3. The van der Waals surface area contributed by atoms with Crippen LogP contribution >= 0.6 is 0 Å². The van der Waals surface area contributed by atoms with Crippen LogP contribution in [-0.2, 0) is 9.53 Å². The van der Waals surface area contributed by atoms with Gasteiger partial charge in [-0.2, -0.15) is 13.2 Å². The molecule has 0 N–H and O–H groups in total. The van der Waals surface area contributed by atoms with Crippen LogP contribution in [0.15, 0.2) is 24.3 Å². The van der Waals surface area contributed by atoms with Gasteiger partial charge in [0, 0.05) is 0 Å². The molecular weight excluding hydrogens is 249 g/mol. The predicted octanol–water partition coefficient (Wildman–Crippen LogP) is 3.25. The van der Waals surface area contributed by atoms with Crippen molar-refractivity contribution in [2.75, 3.05) is 7.11 Å². The van der Waals surface area contributed by atoms with E-state index in [0.29, 0.717) is 11.3 Å².